The lowest BCUT2D eigenvalue weighted by molar-refractivity contribution is 0.100. The molecule has 2 saturated carbocycles. The summed E-state index contributed by atoms with van der Waals surface area (Å²) in [4.78, 5) is 17.1. The van der Waals surface area contributed by atoms with Gasteiger partial charge in [-0.2, -0.15) is 4.99 Å². The van der Waals surface area contributed by atoms with E-state index < -0.39 is 0 Å². The molecule has 0 atom stereocenters. The number of amides is 1. The highest BCUT2D eigenvalue weighted by Crippen LogP contribution is 2.43. The van der Waals surface area contributed by atoms with Crippen molar-refractivity contribution >= 4 is 29.2 Å². The monoisotopic (exact) mass is 411 g/mol. The Kier molecular flexibility index (Phi) is 6.16. The first-order chi connectivity index (χ1) is 14.1. The molecule has 2 fully saturated rings. The van der Waals surface area contributed by atoms with Gasteiger partial charge in [-0.25, -0.2) is 0 Å². The summed E-state index contributed by atoms with van der Waals surface area (Å²) in [6, 6.07) is 15.1. The number of aliphatic hydroxyl groups is 1. The number of nitrogens with one attached hydrogen (secondary N) is 2. The summed E-state index contributed by atoms with van der Waals surface area (Å²) in [5, 5.41) is 17.1. The smallest absolute Gasteiger partial charge is 0.280 e. The Hall–Kier alpha value is -2.37. The molecule has 0 saturated heterocycles. The van der Waals surface area contributed by atoms with Crippen molar-refractivity contribution < 1.29 is 9.90 Å². The Morgan fingerprint density at radius 1 is 0.966 bits per heavy atom. The van der Waals surface area contributed by atoms with Crippen LogP contribution in [0.4, 0.5) is 5.69 Å². The second-order valence-electron chi connectivity index (χ2n) is 7.91. The van der Waals surface area contributed by atoms with E-state index in [1.54, 1.807) is 24.3 Å². The molecule has 0 spiro atoms. The maximum Gasteiger partial charge on any atom is 0.280 e. The highest BCUT2D eigenvalue weighted by molar-refractivity contribution is 6.30. The van der Waals surface area contributed by atoms with E-state index in [-0.39, 0.29) is 18.1 Å². The number of carbonyl (C=O) groups excluding carboxylic acids is 1. The molecule has 0 aromatic heterocycles. The molecule has 6 heteroatoms. The van der Waals surface area contributed by atoms with Gasteiger partial charge in [0.2, 0.25) is 5.96 Å². The van der Waals surface area contributed by atoms with Crippen LogP contribution in [0.1, 0.15) is 60.4 Å². The molecule has 29 heavy (non-hydrogen) atoms. The van der Waals surface area contributed by atoms with Crippen molar-refractivity contribution in [2.24, 2.45) is 4.99 Å². The lowest BCUT2D eigenvalue weighted by Gasteiger charge is -2.28. The van der Waals surface area contributed by atoms with Gasteiger partial charge in [0.05, 0.1) is 6.10 Å². The molecule has 0 radical (unpaired) electrons. The number of aliphatic imine (C=N–C) groups is 1. The quantitative estimate of drug-likeness (QED) is 0.502. The third kappa shape index (κ3) is 5.37. The van der Waals surface area contributed by atoms with Crippen molar-refractivity contribution in [2.45, 2.75) is 56.6 Å². The molecule has 0 unspecified atom stereocenters. The van der Waals surface area contributed by atoms with Gasteiger partial charge >= 0.3 is 0 Å². The Bertz CT molecular complexity index is 885. The van der Waals surface area contributed by atoms with E-state index in [1.165, 1.54) is 18.4 Å². The van der Waals surface area contributed by atoms with E-state index in [0.29, 0.717) is 22.5 Å². The number of benzene rings is 2. The topological polar surface area (TPSA) is 73.7 Å². The van der Waals surface area contributed by atoms with Gasteiger partial charge < -0.3 is 15.7 Å². The maximum atomic E-state index is 12.7. The highest BCUT2D eigenvalue weighted by atomic mass is 35.5. The molecule has 4 rings (SSSR count). The summed E-state index contributed by atoms with van der Waals surface area (Å²) in [5.74, 6) is 0.715. The second kappa shape index (κ2) is 8.97. The number of para-hydroxylation sites is 1. The van der Waals surface area contributed by atoms with Crippen molar-refractivity contribution in [3.8, 4) is 0 Å². The van der Waals surface area contributed by atoms with E-state index in [2.05, 4.69) is 21.7 Å². The van der Waals surface area contributed by atoms with Crippen LogP contribution in [0.15, 0.2) is 53.5 Å². The fourth-order valence-corrected chi connectivity index (χ4v) is 3.88. The van der Waals surface area contributed by atoms with Crippen molar-refractivity contribution in [2.75, 3.05) is 5.32 Å². The zero-order chi connectivity index (χ0) is 20.2. The van der Waals surface area contributed by atoms with Crippen LogP contribution < -0.4 is 10.6 Å². The van der Waals surface area contributed by atoms with Crippen LogP contribution in [0.25, 0.3) is 0 Å². The fraction of sp³-hybridized carbons (Fsp3) is 0.391. The summed E-state index contributed by atoms with van der Waals surface area (Å²) in [6.45, 7) is 0. The lowest BCUT2D eigenvalue weighted by Crippen LogP contribution is -2.42. The largest absolute Gasteiger partial charge is 0.393 e. The Morgan fingerprint density at radius 2 is 1.66 bits per heavy atom. The van der Waals surface area contributed by atoms with Crippen molar-refractivity contribution in [3.63, 3.8) is 0 Å². The number of halogens is 1. The Balaban J connectivity index is 1.56. The van der Waals surface area contributed by atoms with Crippen LogP contribution in [-0.4, -0.2) is 29.1 Å². The summed E-state index contributed by atoms with van der Waals surface area (Å²) >= 11 is 5.93. The molecular weight excluding hydrogens is 386 g/mol. The van der Waals surface area contributed by atoms with Gasteiger partial charge in [-0.15, -0.1) is 0 Å². The lowest BCUT2D eigenvalue weighted by atomic mass is 9.93. The minimum absolute atomic E-state index is 0.177. The molecular formula is C23H26ClN3O2. The van der Waals surface area contributed by atoms with E-state index in [4.69, 9.17) is 11.6 Å². The van der Waals surface area contributed by atoms with Crippen LogP contribution in [0.2, 0.25) is 5.02 Å². The van der Waals surface area contributed by atoms with Gasteiger partial charge in [0, 0.05) is 22.3 Å². The molecule has 0 bridgehead atoms. The Morgan fingerprint density at radius 3 is 2.34 bits per heavy atom. The molecule has 2 aliphatic rings. The van der Waals surface area contributed by atoms with E-state index in [0.717, 1.165) is 31.4 Å². The van der Waals surface area contributed by atoms with Gasteiger partial charge in [0.15, 0.2) is 0 Å². The van der Waals surface area contributed by atoms with E-state index >= 15 is 0 Å². The van der Waals surface area contributed by atoms with Crippen LogP contribution >= 0.6 is 11.6 Å². The molecule has 2 aliphatic carbocycles. The van der Waals surface area contributed by atoms with Crippen LogP contribution in [0, 0.1) is 0 Å². The number of hydrogen-bond acceptors (Lipinski definition) is 2. The van der Waals surface area contributed by atoms with Gasteiger partial charge in [-0.05, 0) is 80.3 Å². The normalized spacial score (nSPS) is 22.2. The summed E-state index contributed by atoms with van der Waals surface area (Å²) in [6.07, 6.45) is 5.38. The minimum Gasteiger partial charge on any atom is -0.393 e. The zero-order valence-corrected chi connectivity index (χ0v) is 17.0. The predicted octanol–water partition coefficient (Wildman–Crippen LogP) is 4.72. The average molecular weight is 412 g/mol. The number of carbonyl (C=O) groups is 1. The zero-order valence-electron chi connectivity index (χ0n) is 16.3. The number of guanidine groups is 1. The van der Waals surface area contributed by atoms with Crippen molar-refractivity contribution in [3.05, 3.63) is 64.7 Å². The fourth-order valence-electron chi connectivity index (χ4n) is 3.76. The van der Waals surface area contributed by atoms with Gasteiger partial charge in [0.1, 0.15) is 0 Å². The number of nitrogens with zero attached hydrogens (tertiary/aromatic N) is 1. The van der Waals surface area contributed by atoms with Crippen LogP contribution in [-0.2, 0) is 0 Å². The van der Waals surface area contributed by atoms with Gasteiger partial charge in [-0.3, -0.25) is 4.79 Å². The molecule has 3 N–H and O–H groups in total. The number of hydrogen-bond donors (Lipinski definition) is 3. The SMILES string of the molecule is O=C(/N=C(/Nc1ccccc1C1CC1)N[C@H]1CC[C@H](O)CC1)c1ccc(Cl)cc1. The third-order valence-electron chi connectivity index (χ3n) is 5.57. The van der Waals surface area contributed by atoms with Crippen molar-refractivity contribution in [1.29, 1.82) is 0 Å². The molecule has 2 aromatic carbocycles. The molecule has 152 valence electrons. The minimum atomic E-state index is -0.323. The first kappa shape index (κ1) is 19.9. The molecule has 5 nitrogen and oxygen atoms in total. The van der Waals surface area contributed by atoms with Crippen molar-refractivity contribution in [1.82, 2.24) is 5.32 Å². The summed E-state index contributed by atoms with van der Waals surface area (Å²) < 4.78 is 0. The number of anilines is 1. The molecule has 1 amide bonds. The first-order valence-electron chi connectivity index (χ1n) is 10.3. The second-order valence-corrected chi connectivity index (χ2v) is 8.35. The third-order valence-corrected chi connectivity index (χ3v) is 5.83. The van der Waals surface area contributed by atoms with Crippen LogP contribution in [0.5, 0.6) is 0 Å². The number of aliphatic hydroxyl groups excluding tert-OH is 1. The van der Waals surface area contributed by atoms with Crippen LogP contribution in [0.3, 0.4) is 0 Å². The predicted molar refractivity (Wildman–Crippen MR) is 117 cm³/mol. The van der Waals surface area contributed by atoms with E-state index in [9.17, 15) is 9.90 Å². The molecule has 0 aliphatic heterocycles. The summed E-state index contributed by atoms with van der Waals surface area (Å²) in [5.41, 5.74) is 2.74. The average Bonchev–Trinajstić information content (AvgIpc) is 3.56. The van der Waals surface area contributed by atoms with Gasteiger partial charge in [-0.1, -0.05) is 29.8 Å². The standard InChI is InChI=1S/C23H26ClN3O2/c24-17-9-7-16(8-10-17)22(29)27-23(25-18-11-13-19(28)14-12-18)26-21-4-2-1-3-20(21)15-5-6-15/h1-4,7-10,15,18-19,28H,5-6,11-14H2,(H2,25,26,27,29)/t18-,19-. The van der Waals surface area contributed by atoms with Gasteiger partial charge in [0.25, 0.3) is 5.91 Å². The first-order valence-corrected chi connectivity index (χ1v) is 10.7. The van der Waals surface area contributed by atoms with E-state index in [1.807, 2.05) is 18.2 Å². The highest BCUT2D eigenvalue weighted by Gasteiger charge is 2.27. The Labute approximate surface area is 176 Å². The summed E-state index contributed by atoms with van der Waals surface area (Å²) in [7, 11) is 0. The number of rotatable bonds is 4. The molecule has 0 heterocycles. The molecule has 2 aromatic rings. The maximum absolute atomic E-state index is 12.7.